The van der Waals surface area contributed by atoms with Crippen LogP contribution in [0.25, 0.3) is 76.9 Å². The number of fused-ring (bicyclic) bond motifs is 10. The highest BCUT2D eigenvalue weighted by Gasteiger charge is 2.22. The number of rotatable bonds is 5. The van der Waals surface area contributed by atoms with Crippen LogP contribution in [0.4, 0.5) is 17.1 Å². The molecule has 0 amide bonds. The van der Waals surface area contributed by atoms with Crippen molar-refractivity contribution in [3.8, 4) is 11.4 Å². The molecule has 3 heterocycles. The molecule has 4 nitrogen and oxygen atoms in total. The highest BCUT2D eigenvalue weighted by Crippen LogP contribution is 2.44. The third kappa shape index (κ3) is 4.21. The number of aromatic nitrogens is 2. The standard InChI is InChI=1S/C48H31N3O/c1-4-14-32(15-5-1)49(33-16-6-2-7-17-33)35-24-29-45-42(30-35)39-26-27-40-38-21-11-13-23-46(38)52-48(40)47(39)51(45)36-25-28-44-41(31-36)37-20-10-12-22-43(37)50(44)34-18-8-3-9-19-34/h1-31H. The predicted molar refractivity (Wildman–Crippen MR) is 217 cm³/mol. The Balaban J connectivity index is 1.22. The smallest absolute Gasteiger partial charge is 0.160 e. The molecule has 0 bridgehead atoms. The molecule has 0 saturated heterocycles. The van der Waals surface area contributed by atoms with Gasteiger partial charge < -0.3 is 18.5 Å². The van der Waals surface area contributed by atoms with E-state index in [2.05, 4.69) is 196 Å². The van der Waals surface area contributed by atoms with Crippen LogP contribution in [0.3, 0.4) is 0 Å². The number of anilines is 3. The van der Waals surface area contributed by atoms with Gasteiger partial charge in [-0.3, -0.25) is 0 Å². The van der Waals surface area contributed by atoms with Crippen LogP contribution in [-0.2, 0) is 0 Å². The van der Waals surface area contributed by atoms with Crippen molar-refractivity contribution in [2.75, 3.05) is 4.90 Å². The van der Waals surface area contributed by atoms with Gasteiger partial charge in [0.05, 0.1) is 22.1 Å². The van der Waals surface area contributed by atoms with E-state index in [1.54, 1.807) is 0 Å². The predicted octanol–water partition coefficient (Wildman–Crippen LogP) is 13.2. The van der Waals surface area contributed by atoms with E-state index < -0.39 is 0 Å². The summed E-state index contributed by atoms with van der Waals surface area (Å²) in [5, 5.41) is 6.98. The van der Waals surface area contributed by atoms with Crippen LogP contribution in [-0.4, -0.2) is 9.13 Å². The summed E-state index contributed by atoms with van der Waals surface area (Å²) in [6.07, 6.45) is 0. The first kappa shape index (κ1) is 28.8. The van der Waals surface area contributed by atoms with Crippen LogP contribution in [0.5, 0.6) is 0 Å². The lowest BCUT2D eigenvalue weighted by molar-refractivity contribution is 0.671. The zero-order valence-electron chi connectivity index (χ0n) is 28.1. The summed E-state index contributed by atoms with van der Waals surface area (Å²) < 4.78 is 11.5. The maximum atomic E-state index is 6.76. The van der Waals surface area contributed by atoms with Gasteiger partial charge in [-0.2, -0.15) is 0 Å². The molecule has 0 fully saturated rings. The SMILES string of the molecule is c1ccc(N(c2ccccc2)c2ccc3c(c2)c2ccc4c5ccccc5oc4c2n3-c2ccc3c(c2)c2ccccc2n3-c2ccccc2)cc1. The van der Waals surface area contributed by atoms with Gasteiger partial charge in [0, 0.05) is 60.8 Å². The molecule has 0 unspecified atom stereocenters. The maximum absolute atomic E-state index is 6.76. The average molecular weight is 666 g/mol. The van der Waals surface area contributed by atoms with Gasteiger partial charge in [-0.1, -0.05) is 97.1 Å². The van der Waals surface area contributed by atoms with Crippen molar-refractivity contribution < 1.29 is 4.42 Å². The molecule has 0 aliphatic heterocycles. The third-order valence-corrected chi connectivity index (χ3v) is 10.5. The first-order valence-electron chi connectivity index (χ1n) is 17.7. The van der Waals surface area contributed by atoms with E-state index in [9.17, 15) is 0 Å². The largest absolute Gasteiger partial charge is 0.454 e. The van der Waals surface area contributed by atoms with E-state index in [1.165, 1.54) is 27.2 Å². The summed E-state index contributed by atoms with van der Waals surface area (Å²) in [5.74, 6) is 0. The van der Waals surface area contributed by atoms with Gasteiger partial charge >= 0.3 is 0 Å². The van der Waals surface area contributed by atoms with E-state index in [0.29, 0.717) is 0 Å². The molecule has 52 heavy (non-hydrogen) atoms. The summed E-state index contributed by atoms with van der Waals surface area (Å²) in [7, 11) is 0. The molecule has 4 heteroatoms. The molecule has 3 aromatic heterocycles. The highest BCUT2D eigenvalue weighted by atomic mass is 16.3. The Morgan fingerprint density at radius 2 is 0.923 bits per heavy atom. The Kier molecular flexibility index (Phi) is 6.22. The monoisotopic (exact) mass is 665 g/mol. The lowest BCUT2D eigenvalue weighted by Gasteiger charge is -2.25. The van der Waals surface area contributed by atoms with Crippen molar-refractivity contribution in [1.82, 2.24) is 9.13 Å². The summed E-state index contributed by atoms with van der Waals surface area (Å²) in [6, 6.07) is 67.1. The molecule has 0 N–H and O–H groups in total. The molecular formula is C48H31N3O. The van der Waals surface area contributed by atoms with Crippen molar-refractivity contribution in [2.45, 2.75) is 0 Å². The lowest BCUT2D eigenvalue weighted by Crippen LogP contribution is -2.09. The average Bonchev–Trinajstić information content (AvgIpc) is 3.87. The molecule has 244 valence electrons. The van der Waals surface area contributed by atoms with Gasteiger partial charge in [0.1, 0.15) is 5.58 Å². The Morgan fingerprint density at radius 1 is 0.346 bits per heavy atom. The second kappa shape index (κ2) is 11.2. The van der Waals surface area contributed by atoms with Crippen LogP contribution >= 0.6 is 0 Å². The van der Waals surface area contributed by atoms with Crippen molar-refractivity contribution in [1.29, 1.82) is 0 Å². The van der Waals surface area contributed by atoms with Gasteiger partial charge in [-0.25, -0.2) is 0 Å². The van der Waals surface area contributed by atoms with E-state index in [1.807, 2.05) is 6.07 Å². The van der Waals surface area contributed by atoms with E-state index in [-0.39, 0.29) is 0 Å². The van der Waals surface area contributed by atoms with Gasteiger partial charge in [0.15, 0.2) is 5.58 Å². The lowest BCUT2D eigenvalue weighted by atomic mass is 10.1. The molecule has 11 rings (SSSR count). The molecular weight excluding hydrogens is 635 g/mol. The van der Waals surface area contributed by atoms with Gasteiger partial charge in [0.25, 0.3) is 0 Å². The fourth-order valence-corrected chi connectivity index (χ4v) is 8.23. The molecule has 0 radical (unpaired) electrons. The molecule has 8 aromatic carbocycles. The Bertz CT molecular complexity index is 3080. The molecule has 0 atom stereocenters. The molecule has 0 aliphatic carbocycles. The van der Waals surface area contributed by atoms with Crippen molar-refractivity contribution in [2.24, 2.45) is 0 Å². The molecule has 0 saturated carbocycles. The van der Waals surface area contributed by atoms with Crippen LogP contribution in [0, 0.1) is 0 Å². The normalized spacial score (nSPS) is 11.8. The summed E-state index contributed by atoms with van der Waals surface area (Å²) in [6.45, 7) is 0. The van der Waals surface area contributed by atoms with Crippen molar-refractivity contribution in [3.05, 3.63) is 188 Å². The first-order chi connectivity index (χ1) is 25.8. The molecule has 0 aliphatic rings. The van der Waals surface area contributed by atoms with Gasteiger partial charge in [0.2, 0.25) is 0 Å². The van der Waals surface area contributed by atoms with E-state index in [0.717, 1.165) is 66.8 Å². The Morgan fingerprint density at radius 3 is 1.69 bits per heavy atom. The Hall–Kier alpha value is -7.04. The number of hydrogen-bond acceptors (Lipinski definition) is 2. The minimum Gasteiger partial charge on any atom is -0.454 e. The van der Waals surface area contributed by atoms with Gasteiger partial charge in [-0.15, -0.1) is 0 Å². The second-order valence-corrected chi connectivity index (χ2v) is 13.4. The number of furan rings is 1. The van der Waals surface area contributed by atoms with E-state index >= 15 is 0 Å². The number of para-hydroxylation sites is 5. The van der Waals surface area contributed by atoms with Crippen LogP contribution in [0.1, 0.15) is 0 Å². The fourth-order valence-electron chi connectivity index (χ4n) is 8.23. The summed E-state index contributed by atoms with van der Waals surface area (Å²) in [4.78, 5) is 2.33. The van der Waals surface area contributed by atoms with Crippen molar-refractivity contribution >= 4 is 82.6 Å². The summed E-state index contributed by atoms with van der Waals surface area (Å²) >= 11 is 0. The number of hydrogen-bond donors (Lipinski definition) is 0. The maximum Gasteiger partial charge on any atom is 0.160 e. The van der Waals surface area contributed by atoms with Crippen LogP contribution < -0.4 is 4.90 Å². The Labute approximate surface area is 299 Å². The van der Waals surface area contributed by atoms with Crippen LogP contribution in [0.2, 0.25) is 0 Å². The minimum atomic E-state index is 0.892. The number of nitrogens with zero attached hydrogens (tertiary/aromatic N) is 3. The quantitative estimate of drug-likeness (QED) is 0.183. The zero-order valence-corrected chi connectivity index (χ0v) is 28.1. The van der Waals surface area contributed by atoms with Crippen molar-refractivity contribution in [3.63, 3.8) is 0 Å². The highest BCUT2D eigenvalue weighted by molar-refractivity contribution is 6.22. The van der Waals surface area contributed by atoms with Gasteiger partial charge in [-0.05, 0) is 91.0 Å². The molecule has 0 spiro atoms. The topological polar surface area (TPSA) is 26.2 Å². The van der Waals surface area contributed by atoms with E-state index in [4.69, 9.17) is 4.42 Å². The zero-order chi connectivity index (χ0) is 34.2. The second-order valence-electron chi connectivity index (χ2n) is 13.4. The third-order valence-electron chi connectivity index (χ3n) is 10.5. The minimum absolute atomic E-state index is 0.892. The first-order valence-corrected chi connectivity index (χ1v) is 17.7. The van der Waals surface area contributed by atoms with Crippen LogP contribution in [0.15, 0.2) is 192 Å². The molecule has 11 aromatic rings. The summed E-state index contributed by atoms with van der Waals surface area (Å²) in [5.41, 5.74) is 11.9. The number of benzene rings is 8. The fraction of sp³-hybridized carbons (Fsp3) is 0.